The van der Waals surface area contributed by atoms with Crippen molar-refractivity contribution in [3.8, 4) is 0 Å². The zero-order valence-electron chi connectivity index (χ0n) is 12.6. The molecule has 0 unspecified atom stereocenters. The summed E-state index contributed by atoms with van der Waals surface area (Å²) in [7, 11) is 0. The Balaban J connectivity index is 2.06. The minimum Gasteiger partial charge on any atom is -0.339 e. The Morgan fingerprint density at radius 3 is 2.38 bits per heavy atom. The summed E-state index contributed by atoms with van der Waals surface area (Å²) in [4.78, 5) is 40.5. The first-order chi connectivity index (χ1) is 9.99. The van der Waals surface area contributed by atoms with Crippen molar-refractivity contribution in [3.05, 3.63) is 29.6 Å². The van der Waals surface area contributed by atoms with Gasteiger partial charge in [0, 0.05) is 11.6 Å². The molecule has 0 radical (unpaired) electrons. The molecular weight excluding hydrogens is 268 g/mol. The summed E-state index contributed by atoms with van der Waals surface area (Å²) in [5.74, 6) is -1.73. The molecule has 2 rings (SSSR count). The van der Waals surface area contributed by atoms with Gasteiger partial charge >= 0.3 is 0 Å². The van der Waals surface area contributed by atoms with Crippen molar-refractivity contribution >= 4 is 17.5 Å². The van der Waals surface area contributed by atoms with Crippen LogP contribution in [-0.2, 0) is 14.4 Å². The van der Waals surface area contributed by atoms with E-state index in [1.807, 2.05) is 26.8 Å². The number of aromatic nitrogens is 1. The van der Waals surface area contributed by atoms with E-state index in [2.05, 4.69) is 10.3 Å². The molecule has 1 heterocycles. The quantitative estimate of drug-likeness (QED) is 0.834. The number of nitrogens with zero attached hydrogens (tertiary/aromatic N) is 1. The first-order valence-electron chi connectivity index (χ1n) is 7.31. The molecule has 112 valence electrons. The monoisotopic (exact) mass is 288 g/mol. The lowest BCUT2D eigenvalue weighted by Crippen LogP contribution is -2.61. The lowest BCUT2D eigenvalue weighted by atomic mass is 9.74. The van der Waals surface area contributed by atoms with Crippen LogP contribution in [0.3, 0.4) is 0 Å². The molecule has 0 bridgehead atoms. The van der Waals surface area contributed by atoms with Gasteiger partial charge in [0.15, 0.2) is 11.6 Å². The largest absolute Gasteiger partial charge is 0.339 e. The molecule has 1 aromatic heterocycles. The second-order valence-corrected chi connectivity index (χ2v) is 5.40. The number of rotatable bonds is 5. The number of amides is 1. The van der Waals surface area contributed by atoms with Crippen LogP contribution in [0.15, 0.2) is 18.2 Å². The second kappa shape index (κ2) is 6.16. The fraction of sp³-hybridized carbons (Fsp3) is 0.500. The molecule has 0 atom stereocenters. The normalized spacial score (nSPS) is 21.3. The highest BCUT2D eigenvalue weighted by Crippen LogP contribution is 2.29. The number of carbonyl (C=O) groups is 3. The van der Waals surface area contributed by atoms with Crippen LogP contribution < -0.4 is 5.32 Å². The Kier molecular flexibility index (Phi) is 4.50. The summed E-state index contributed by atoms with van der Waals surface area (Å²) >= 11 is 0. The van der Waals surface area contributed by atoms with Gasteiger partial charge in [-0.3, -0.25) is 19.4 Å². The minimum absolute atomic E-state index is 0.151. The van der Waals surface area contributed by atoms with Crippen molar-refractivity contribution in [2.45, 2.75) is 45.6 Å². The molecule has 0 aromatic carbocycles. The van der Waals surface area contributed by atoms with E-state index < -0.39 is 12.0 Å². The van der Waals surface area contributed by atoms with Gasteiger partial charge in [-0.1, -0.05) is 19.9 Å². The van der Waals surface area contributed by atoms with Crippen molar-refractivity contribution in [1.82, 2.24) is 10.3 Å². The summed E-state index contributed by atoms with van der Waals surface area (Å²) in [5, 5.41) is 2.57. The molecule has 1 aromatic rings. The third-order valence-corrected chi connectivity index (χ3v) is 3.99. The number of Topliss-reactive ketones (excluding diaryl/α,β-unsaturated/α-hetero) is 2. The smallest absolute Gasteiger partial charge is 0.224 e. The van der Waals surface area contributed by atoms with E-state index in [0.717, 1.165) is 5.69 Å². The third-order valence-electron chi connectivity index (χ3n) is 3.99. The van der Waals surface area contributed by atoms with Gasteiger partial charge < -0.3 is 5.32 Å². The zero-order valence-corrected chi connectivity index (χ0v) is 12.6. The van der Waals surface area contributed by atoms with Crippen molar-refractivity contribution < 1.29 is 14.4 Å². The van der Waals surface area contributed by atoms with Crippen molar-refractivity contribution in [1.29, 1.82) is 0 Å². The lowest BCUT2D eigenvalue weighted by molar-refractivity contribution is -0.146. The summed E-state index contributed by atoms with van der Waals surface area (Å²) in [6.45, 7) is 5.64. The standard InChI is InChI=1S/C16H20N2O3/c1-4-10(5-2)16(21)18-13-14(19)12(15(13)20)11-8-6-7-9(3)17-11/h6-8,10,12-13H,4-5H2,1-3H3,(H,18,21). The third kappa shape index (κ3) is 2.86. The minimum atomic E-state index is -0.995. The molecule has 1 amide bonds. The molecule has 1 N–H and O–H groups in total. The fourth-order valence-corrected chi connectivity index (χ4v) is 2.60. The van der Waals surface area contributed by atoms with Crippen LogP contribution in [0, 0.1) is 12.8 Å². The van der Waals surface area contributed by atoms with E-state index in [0.29, 0.717) is 18.5 Å². The summed E-state index contributed by atoms with van der Waals surface area (Å²) in [6.07, 6.45) is 1.39. The van der Waals surface area contributed by atoms with E-state index in [-0.39, 0.29) is 23.4 Å². The maximum Gasteiger partial charge on any atom is 0.224 e. The lowest BCUT2D eigenvalue weighted by Gasteiger charge is -2.32. The highest BCUT2D eigenvalue weighted by molar-refractivity contribution is 6.31. The number of hydrogen-bond acceptors (Lipinski definition) is 4. The second-order valence-electron chi connectivity index (χ2n) is 5.40. The van der Waals surface area contributed by atoms with Gasteiger partial charge in [-0.05, 0) is 31.9 Å². The first kappa shape index (κ1) is 15.4. The van der Waals surface area contributed by atoms with Crippen LogP contribution in [0.1, 0.15) is 44.0 Å². The molecular formula is C16H20N2O3. The van der Waals surface area contributed by atoms with Gasteiger partial charge in [-0.15, -0.1) is 0 Å². The van der Waals surface area contributed by atoms with Crippen LogP contribution in [0.5, 0.6) is 0 Å². The summed E-state index contributed by atoms with van der Waals surface area (Å²) in [5.41, 5.74) is 1.23. The SMILES string of the molecule is CCC(CC)C(=O)NC1C(=O)C(c2cccc(C)n2)C1=O. The molecule has 1 fully saturated rings. The number of aryl methyl sites for hydroxylation is 1. The Hall–Kier alpha value is -2.04. The number of ketones is 2. The van der Waals surface area contributed by atoms with Crippen molar-refractivity contribution in [3.63, 3.8) is 0 Å². The Labute approximate surface area is 124 Å². The van der Waals surface area contributed by atoms with Gasteiger partial charge in [-0.2, -0.15) is 0 Å². The number of carbonyl (C=O) groups excluding carboxylic acids is 3. The van der Waals surface area contributed by atoms with Gasteiger partial charge in [0.05, 0.1) is 5.69 Å². The first-order valence-corrected chi connectivity index (χ1v) is 7.31. The zero-order chi connectivity index (χ0) is 15.6. The summed E-state index contributed by atoms with van der Waals surface area (Å²) in [6, 6.07) is 4.26. The number of hydrogen-bond donors (Lipinski definition) is 1. The molecule has 5 nitrogen and oxygen atoms in total. The van der Waals surface area contributed by atoms with Crippen LogP contribution in [0.4, 0.5) is 0 Å². The molecule has 1 aliphatic rings. The van der Waals surface area contributed by atoms with E-state index >= 15 is 0 Å². The van der Waals surface area contributed by atoms with E-state index in [9.17, 15) is 14.4 Å². The number of nitrogens with one attached hydrogen (secondary N) is 1. The van der Waals surface area contributed by atoms with Crippen LogP contribution in [0.2, 0.25) is 0 Å². The Bertz CT molecular complexity index is 563. The predicted octanol–water partition coefficient (Wildman–Crippen LogP) is 1.55. The molecule has 0 aliphatic heterocycles. The van der Waals surface area contributed by atoms with Gasteiger partial charge in [0.25, 0.3) is 0 Å². The molecule has 5 heteroatoms. The Morgan fingerprint density at radius 2 is 1.86 bits per heavy atom. The maximum absolute atomic E-state index is 12.1. The predicted molar refractivity (Wildman–Crippen MR) is 77.7 cm³/mol. The molecule has 1 aliphatic carbocycles. The highest BCUT2D eigenvalue weighted by atomic mass is 16.2. The van der Waals surface area contributed by atoms with Crippen LogP contribution in [-0.4, -0.2) is 28.5 Å². The topological polar surface area (TPSA) is 76.1 Å². The average Bonchev–Trinajstić information content (AvgIpc) is 2.46. The van der Waals surface area contributed by atoms with E-state index in [1.54, 1.807) is 12.1 Å². The van der Waals surface area contributed by atoms with Crippen LogP contribution >= 0.6 is 0 Å². The van der Waals surface area contributed by atoms with Crippen LogP contribution in [0.25, 0.3) is 0 Å². The fourth-order valence-electron chi connectivity index (χ4n) is 2.60. The molecule has 0 saturated heterocycles. The van der Waals surface area contributed by atoms with Gasteiger partial charge in [-0.25, -0.2) is 0 Å². The van der Waals surface area contributed by atoms with Gasteiger partial charge in [0.1, 0.15) is 12.0 Å². The van der Waals surface area contributed by atoms with E-state index in [1.165, 1.54) is 0 Å². The van der Waals surface area contributed by atoms with Gasteiger partial charge in [0.2, 0.25) is 5.91 Å². The van der Waals surface area contributed by atoms with E-state index in [4.69, 9.17) is 0 Å². The van der Waals surface area contributed by atoms with Crippen molar-refractivity contribution in [2.75, 3.05) is 0 Å². The molecule has 0 spiro atoms. The molecule has 1 saturated carbocycles. The van der Waals surface area contributed by atoms with Crippen molar-refractivity contribution in [2.24, 2.45) is 5.92 Å². The Morgan fingerprint density at radius 1 is 1.24 bits per heavy atom. The summed E-state index contributed by atoms with van der Waals surface area (Å²) < 4.78 is 0. The number of pyridine rings is 1. The maximum atomic E-state index is 12.1. The average molecular weight is 288 g/mol. The molecule has 21 heavy (non-hydrogen) atoms. The highest BCUT2D eigenvalue weighted by Gasteiger charge is 2.51.